The molecule has 1 aromatic heterocycles. The molecule has 1 heterocycles. The molecule has 0 aliphatic heterocycles. The Kier molecular flexibility index (Phi) is 4.85. The van der Waals surface area contributed by atoms with E-state index in [9.17, 15) is 0 Å². The molecule has 0 saturated heterocycles. The first-order chi connectivity index (χ1) is 4.34. The SMILES string of the molecule is Cc1[nH+]csc1CCO.[Br-]. The predicted octanol–water partition coefficient (Wildman–Crippen LogP) is -2.59. The van der Waals surface area contributed by atoms with Crippen LogP contribution in [0.2, 0.25) is 0 Å². The number of aliphatic hydroxyl groups is 1. The van der Waals surface area contributed by atoms with Crippen LogP contribution in [0.1, 0.15) is 10.6 Å². The smallest absolute Gasteiger partial charge is 0.223 e. The fourth-order valence-electron chi connectivity index (χ4n) is 0.706. The largest absolute Gasteiger partial charge is 1.00 e. The second-order valence-corrected chi connectivity index (χ2v) is 2.87. The van der Waals surface area contributed by atoms with E-state index in [1.165, 1.54) is 10.6 Å². The van der Waals surface area contributed by atoms with Crippen molar-refractivity contribution in [1.82, 2.24) is 0 Å². The lowest BCUT2D eigenvalue weighted by atomic mass is 10.3. The number of aromatic amines is 1. The van der Waals surface area contributed by atoms with Crippen molar-refractivity contribution in [2.24, 2.45) is 0 Å². The highest BCUT2D eigenvalue weighted by Gasteiger charge is 2.03. The Labute approximate surface area is 74.7 Å². The number of thiazole rings is 1. The van der Waals surface area contributed by atoms with Gasteiger partial charge in [-0.25, -0.2) is 4.98 Å². The Morgan fingerprint density at radius 1 is 1.70 bits per heavy atom. The van der Waals surface area contributed by atoms with Gasteiger partial charge in [-0.2, -0.15) is 0 Å². The maximum absolute atomic E-state index is 8.56. The molecule has 0 aliphatic rings. The van der Waals surface area contributed by atoms with Crippen molar-refractivity contribution < 1.29 is 27.1 Å². The summed E-state index contributed by atoms with van der Waals surface area (Å²) in [5.74, 6) is 0. The molecule has 1 rings (SSSR count). The Hall–Kier alpha value is 0.0700. The van der Waals surface area contributed by atoms with Crippen molar-refractivity contribution in [2.45, 2.75) is 13.3 Å². The van der Waals surface area contributed by atoms with Crippen molar-refractivity contribution in [1.29, 1.82) is 0 Å². The Bertz CT molecular complexity index is 190. The molecule has 0 bridgehead atoms. The summed E-state index contributed by atoms with van der Waals surface area (Å²) in [4.78, 5) is 4.31. The average Bonchev–Trinajstić information content (AvgIpc) is 2.18. The molecule has 2 nitrogen and oxygen atoms in total. The van der Waals surface area contributed by atoms with Crippen LogP contribution < -0.4 is 22.0 Å². The van der Waals surface area contributed by atoms with Crippen molar-refractivity contribution >= 4 is 11.3 Å². The number of halogens is 1. The summed E-state index contributed by atoms with van der Waals surface area (Å²) in [6.07, 6.45) is 0.778. The Morgan fingerprint density at radius 2 is 2.40 bits per heavy atom. The summed E-state index contributed by atoms with van der Waals surface area (Å²) in [5, 5.41) is 8.56. The monoisotopic (exact) mass is 223 g/mol. The van der Waals surface area contributed by atoms with Crippen LogP contribution in [0.3, 0.4) is 0 Å². The van der Waals surface area contributed by atoms with E-state index < -0.39 is 0 Å². The maximum atomic E-state index is 8.56. The van der Waals surface area contributed by atoms with Gasteiger partial charge in [-0.1, -0.05) is 11.3 Å². The molecule has 0 aromatic carbocycles. The Balaban J connectivity index is 0.000000810. The van der Waals surface area contributed by atoms with Gasteiger partial charge in [-0.15, -0.1) is 0 Å². The van der Waals surface area contributed by atoms with E-state index in [1.54, 1.807) is 11.3 Å². The van der Waals surface area contributed by atoms with Gasteiger partial charge < -0.3 is 22.1 Å². The van der Waals surface area contributed by atoms with Gasteiger partial charge in [0.1, 0.15) is 0 Å². The van der Waals surface area contributed by atoms with Crippen LogP contribution >= 0.6 is 11.3 Å². The fourth-order valence-corrected chi connectivity index (χ4v) is 1.53. The summed E-state index contributed by atoms with van der Waals surface area (Å²) >= 11 is 1.66. The van der Waals surface area contributed by atoms with Gasteiger partial charge in [0.05, 0.1) is 4.88 Å². The standard InChI is InChI=1S/C6H9NOS.BrH/c1-5-6(2-3-8)9-4-7-5;/h4,8H,2-3H2,1H3;1H. The van der Waals surface area contributed by atoms with Crippen LogP contribution in [0.15, 0.2) is 5.51 Å². The van der Waals surface area contributed by atoms with Crippen LogP contribution in [0.25, 0.3) is 0 Å². The van der Waals surface area contributed by atoms with Crippen molar-refractivity contribution in [3.05, 3.63) is 16.1 Å². The second kappa shape index (κ2) is 4.82. The van der Waals surface area contributed by atoms with Gasteiger partial charge in [0.25, 0.3) is 0 Å². The van der Waals surface area contributed by atoms with Gasteiger partial charge in [-0.05, 0) is 0 Å². The molecule has 10 heavy (non-hydrogen) atoms. The molecule has 0 saturated carbocycles. The third kappa shape index (κ3) is 2.36. The number of H-pyrrole nitrogens is 1. The first-order valence-corrected chi connectivity index (χ1v) is 3.78. The zero-order chi connectivity index (χ0) is 6.69. The lowest BCUT2D eigenvalue weighted by Gasteiger charge is -1.86. The van der Waals surface area contributed by atoms with E-state index >= 15 is 0 Å². The van der Waals surface area contributed by atoms with E-state index in [2.05, 4.69) is 4.98 Å². The number of aryl methyl sites for hydroxylation is 1. The maximum Gasteiger partial charge on any atom is 0.223 e. The average molecular weight is 224 g/mol. The first kappa shape index (κ1) is 10.1. The molecule has 0 amide bonds. The fraction of sp³-hybridized carbons (Fsp3) is 0.500. The van der Waals surface area contributed by atoms with Gasteiger partial charge in [0.2, 0.25) is 5.51 Å². The number of nitrogens with one attached hydrogen (secondary N) is 1. The van der Waals surface area contributed by atoms with Crippen LogP contribution in [-0.2, 0) is 6.42 Å². The van der Waals surface area contributed by atoms with Crippen LogP contribution in [-0.4, -0.2) is 11.7 Å². The molecule has 58 valence electrons. The number of hydrogen-bond donors (Lipinski definition) is 1. The number of aromatic nitrogens is 1. The van der Waals surface area contributed by atoms with Gasteiger partial charge in [0.15, 0.2) is 5.69 Å². The minimum absolute atomic E-state index is 0. The highest BCUT2D eigenvalue weighted by molar-refractivity contribution is 7.09. The molecule has 2 N–H and O–H groups in total. The molecular weight excluding hydrogens is 214 g/mol. The summed E-state index contributed by atoms with van der Waals surface area (Å²) in [6, 6.07) is 0. The first-order valence-electron chi connectivity index (χ1n) is 2.90. The number of rotatable bonds is 2. The molecular formula is C6H10BrNOS. The minimum atomic E-state index is 0. The summed E-state index contributed by atoms with van der Waals surface area (Å²) < 4.78 is 0. The van der Waals surface area contributed by atoms with Crippen LogP contribution in [0.4, 0.5) is 0 Å². The van der Waals surface area contributed by atoms with Gasteiger partial charge in [-0.3, -0.25) is 0 Å². The number of aliphatic hydroxyl groups excluding tert-OH is 1. The normalized spacial score (nSPS) is 9.00. The summed E-state index contributed by atoms with van der Waals surface area (Å²) in [5.41, 5.74) is 3.11. The van der Waals surface area contributed by atoms with Crippen molar-refractivity contribution in [3.63, 3.8) is 0 Å². The van der Waals surface area contributed by atoms with Gasteiger partial charge in [0, 0.05) is 20.0 Å². The molecule has 0 unspecified atom stereocenters. The van der Waals surface area contributed by atoms with Crippen LogP contribution in [0.5, 0.6) is 0 Å². The van der Waals surface area contributed by atoms with Gasteiger partial charge >= 0.3 is 0 Å². The third-order valence-electron chi connectivity index (χ3n) is 1.23. The second-order valence-electron chi connectivity index (χ2n) is 1.90. The van der Waals surface area contributed by atoms with Crippen LogP contribution in [0, 0.1) is 6.92 Å². The molecule has 0 atom stereocenters. The van der Waals surface area contributed by atoms with E-state index in [1.807, 2.05) is 12.4 Å². The van der Waals surface area contributed by atoms with E-state index in [-0.39, 0.29) is 23.6 Å². The lowest BCUT2D eigenvalue weighted by molar-refractivity contribution is -0.380. The Morgan fingerprint density at radius 3 is 2.80 bits per heavy atom. The number of hydrogen-bond acceptors (Lipinski definition) is 2. The summed E-state index contributed by atoms with van der Waals surface area (Å²) in [7, 11) is 0. The van der Waals surface area contributed by atoms with E-state index in [0.717, 1.165) is 6.42 Å². The molecule has 0 radical (unpaired) electrons. The highest BCUT2D eigenvalue weighted by atomic mass is 79.9. The zero-order valence-electron chi connectivity index (χ0n) is 5.72. The zero-order valence-corrected chi connectivity index (χ0v) is 8.13. The minimum Gasteiger partial charge on any atom is -1.00 e. The van der Waals surface area contributed by atoms with Crippen molar-refractivity contribution in [2.75, 3.05) is 6.61 Å². The molecule has 0 fully saturated rings. The molecule has 4 heteroatoms. The van der Waals surface area contributed by atoms with E-state index in [4.69, 9.17) is 5.11 Å². The quantitative estimate of drug-likeness (QED) is 0.587. The lowest BCUT2D eigenvalue weighted by Crippen LogP contribution is -3.00. The van der Waals surface area contributed by atoms with E-state index in [0.29, 0.717) is 0 Å². The highest BCUT2D eigenvalue weighted by Crippen LogP contribution is 2.08. The predicted molar refractivity (Wildman–Crippen MR) is 36.4 cm³/mol. The molecule has 0 aliphatic carbocycles. The third-order valence-corrected chi connectivity index (χ3v) is 2.26. The van der Waals surface area contributed by atoms with Crippen molar-refractivity contribution in [3.8, 4) is 0 Å². The topological polar surface area (TPSA) is 34.4 Å². The summed E-state index contributed by atoms with van der Waals surface area (Å²) in [6.45, 7) is 2.26. The molecule has 0 spiro atoms. The molecule has 1 aromatic rings.